The van der Waals surface area contributed by atoms with E-state index in [0.29, 0.717) is 0 Å². The zero-order valence-corrected chi connectivity index (χ0v) is 15.0. The molecule has 0 saturated heterocycles. The zero-order valence-electron chi connectivity index (χ0n) is 14.1. The van der Waals surface area contributed by atoms with Gasteiger partial charge in [0.15, 0.2) is 0 Å². The molecule has 0 unspecified atom stereocenters. The van der Waals surface area contributed by atoms with Crippen LogP contribution in [0.1, 0.15) is 24.2 Å². The highest BCUT2D eigenvalue weighted by Gasteiger charge is 2.15. The van der Waals surface area contributed by atoms with Gasteiger partial charge in [-0.3, -0.25) is 9.11 Å². The second-order valence-electron chi connectivity index (χ2n) is 5.64. The predicted octanol–water partition coefficient (Wildman–Crippen LogP) is 1.70. The Morgan fingerprint density at radius 1 is 0.923 bits per heavy atom. The molecule has 0 heterocycles. The van der Waals surface area contributed by atoms with Crippen molar-refractivity contribution >= 4 is 10.4 Å². The van der Waals surface area contributed by atoms with Crippen LogP contribution in [0, 0.1) is 0 Å². The SMILES string of the molecule is C[C@H](NCCc1ccc(O)cc1)[C@H](O)c1ccc(O)cc1.O=S(=O)(O)O. The van der Waals surface area contributed by atoms with E-state index in [0.717, 1.165) is 24.1 Å². The normalized spacial score (nSPS) is 13.4. The summed E-state index contributed by atoms with van der Waals surface area (Å²) in [4.78, 5) is 0. The highest BCUT2D eigenvalue weighted by molar-refractivity contribution is 7.79. The van der Waals surface area contributed by atoms with Crippen molar-refractivity contribution in [2.24, 2.45) is 0 Å². The lowest BCUT2D eigenvalue weighted by Gasteiger charge is -2.20. The molecule has 2 atom stereocenters. The molecule has 8 nitrogen and oxygen atoms in total. The highest BCUT2D eigenvalue weighted by Crippen LogP contribution is 2.19. The van der Waals surface area contributed by atoms with Crippen LogP contribution in [0.4, 0.5) is 0 Å². The third kappa shape index (κ3) is 9.35. The first-order valence-corrected chi connectivity index (χ1v) is 9.14. The fourth-order valence-corrected chi connectivity index (χ4v) is 2.18. The highest BCUT2D eigenvalue weighted by atomic mass is 32.3. The summed E-state index contributed by atoms with van der Waals surface area (Å²) in [5.41, 5.74) is 1.91. The number of aromatic hydroxyl groups is 2. The summed E-state index contributed by atoms with van der Waals surface area (Å²) in [6.07, 6.45) is 0.206. The van der Waals surface area contributed by atoms with Gasteiger partial charge in [-0.1, -0.05) is 24.3 Å². The first kappa shape index (κ1) is 21.9. The number of phenolic OH excluding ortho intramolecular Hbond substituents is 2. The lowest BCUT2D eigenvalue weighted by Crippen LogP contribution is -2.33. The monoisotopic (exact) mass is 385 g/mol. The van der Waals surface area contributed by atoms with Gasteiger partial charge >= 0.3 is 10.4 Å². The van der Waals surface area contributed by atoms with Gasteiger partial charge in [-0.05, 0) is 55.3 Å². The summed E-state index contributed by atoms with van der Waals surface area (Å²) in [6, 6.07) is 13.6. The summed E-state index contributed by atoms with van der Waals surface area (Å²) in [6.45, 7) is 2.66. The first-order chi connectivity index (χ1) is 12.1. The number of nitrogens with one attached hydrogen (secondary N) is 1. The topological polar surface area (TPSA) is 147 Å². The maximum atomic E-state index is 10.2. The number of aliphatic hydroxyl groups excluding tert-OH is 1. The molecule has 0 bridgehead atoms. The molecule has 9 heteroatoms. The summed E-state index contributed by atoms with van der Waals surface area (Å²) < 4.78 is 31.6. The Labute approximate surface area is 152 Å². The molecule has 26 heavy (non-hydrogen) atoms. The van der Waals surface area contributed by atoms with Gasteiger partial charge in [0.05, 0.1) is 6.10 Å². The van der Waals surface area contributed by atoms with Crippen LogP contribution in [0.2, 0.25) is 0 Å². The van der Waals surface area contributed by atoms with Crippen LogP contribution in [0.5, 0.6) is 11.5 Å². The first-order valence-electron chi connectivity index (χ1n) is 7.74. The summed E-state index contributed by atoms with van der Waals surface area (Å²) in [7, 11) is -4.67. The van der Waals surface area contributed by atoms with Gasteiger partial charge in [-0.15, -0.1) is 0 Å². The minimum absolute atomic E-state index is 0.0911. The van der Waals surface area contributed by atoms with Crippen LogP contribution < -0.4 is 5.32 Å². The molecular formula is C17H23NO7S. The van der Waals surface area contributed by atoms with Crippen molar-refractivity contribution < 1.29 is 32.8 Å². The van der Waals surface area contributed by atoms with E-state index < -0.39 is 16.5 Å². The van der Waals surface area contributed by atoms with Crippen LogP contribution in [0.25, 0.3) is 0 Å². The van der Waals surface area contributed by atoms with Crippen LogP contribution in [0.15, 0.2) is 48.5 Å². The Bertz CT molecular complexity index is 753. The van der Waals surface area contributed by atoms with Crippen molar-refractivity contribution in [3.63, 3.8) is 0 Å². The molecule has 6 N–H and O–H groups in total. The molecule has 0 amide bonds. The van der Waals surface area contributed by atoms with E-state index in [1.54, 1.807) is 36.4 Å². The molecule has 0 spiro atoms. The fourth-order valence-electron chi connectivity index (χ4n) is 2.18. The number of hydrogen-bond donors (Lipinski definition) is 6. The summed E-state index contributed by atoms with van der Waals surface area (Å²) in [5, 5.41) is 32.0. The maximum Gasteiger partial charge on any atom is 0.394 e. The zero-order chi connectivity index (χ0) is 19.7. The fraction of sp³-hybridized carbons (Fsp3) is 0.294. The quantitative estimate of drug-likeness (QED) is 0.412. The van der Waals surface area contributed by atoms with E-state index in [1.165, 1.54) is 0 Å². The lowest BCUT2D eigenvalue weighted by molar-refractivity contribution is 0.136. The summed E-state index contributed by atoms with van der Waals surface area (Å²) >= 11 is 0. The van der Waals surface area contributed by atoms with E-state index in [4.69, 9.17) is 17.5 Å². The van der Waals surface area contributed by atoms with Gasteiger partial charge in [-0.2, -0.15) is 8.42 Å². The molecule has 144 valence electrons. The largest absolute Gasteiger partial charge is 0.508 e. The molecule has 0 aliphatic heterocycles. The van der Waals surface area contributed by atoms with Crippen LogP contribution >= 0.6 is 0 Å². The van der Waals surface area contributed by atoms with Crippen molar-refractivity contribution in [2.75, 3.05) is 6.54 Å². The molecule has 0 radical (unpaired) electrons. The maximum absolute atomic E-state index is 10.2. The van der Waals surface area contributed by atoms with Gasteiger partial charge in [0.25, 0.3) is 0 Å². The number of rotatable bonds is 6. The Morgan fingerprint density at radius 3 is 1.81 bits per heavy atom. The molecular weight excluding hydrogens is 362 g/mol. The molecule has 0 aromatic heterocycles. The molecule has 2 aromatic carbocycles. The van der Waals surface area contributed by atoms with Gasteiger partial charge < -0.3 is 20.6 Å². The average molecular weight is 385 g/mol. The van der Waals surface area contributed by atoms with Crippen LogP contribution in [0.3, 0.4) is 0 Å². The molecule has 2 rings (SSSR count). The van der Waals surface area contributed by atoms with Gasteiger partial charge in [-0.25, -0.2) is 0 Å². The number of aliphatic hydroxyl groups is 1. The predicted molar refractivity (Wildman–Crippen MR) is 96.5 cm³/mol. The van der Waals surface area contributed by atoms with Gasteiger partial charge in [0.1, 0.15) is 11.5 Å². The summed E-state index contributed by atoms with van der Waals surface area (Å²) in [5.74, 6) is 0.460. The lowest BCUT2D eigenvalue weighted by atomic mass is 10.0. The number of benzene rings is 2. The molecule has 0 saturated carbocycles. The minimum atomic E-state index is -4.67. The molecule has 0 aliphatic carbocycles. The van der Waals surface area contributed by atoms with Crippen LogP contribution in [-0.2, 0) is 16.8 Å². The molecule has 2 aromatic rings. The second-order valence-corrected chi connectivity index (χ2v) is 6.54. The van der Waals surface area contributed by atoms with Gasteiger partial charge in [0, 0.05) is 6.04 Å². The van der Waals surface area contributed by atoms with E-state index in [1.807, 2.05) is 19.1 Å². The van der Waals surface area contributed by atoms with Crippen molar-refractivity contribution in [3.05, 3.63) is 59.7 Å². The Morgan fingerprint density at radius 2 is 1.35 bits per heavy atom. The van der Waals surface area contributed by atoms with E-state index in [-0.39, 0.29) is 17.5 Å². The number of hydrogen-bond acceptors (Lipinski definition) is 6. The van der Waals surface area contributed by atoms with Crippen molar-refractivity contribution in [1.82, 2.24) is 5.32 Å². The van der Waals surface area contributed by atoms with Crippen molar-refractivity contribution in [3.8, 4) is 11.5 Å². The second kappa shape index (κ2) is 10.1. The van der Waals surface area contributed by atoms with E-state index in [2.05, 4.69) is 5.32 Å². The Balaban J connectivity index is 0.000000597. The third-order valence-corrected chi connectivity index (χ3v) is 3.52. The van der Waals surface area contributed by atoms with E-state index >= 15 is 0 Å². The van der Waals surface area contributed by atoms with Crippen molar-refractivity contribution in [1.29, 1.82) is 0 Å². The smallest absolute Gasteiger partial charge is 0.394 e. The minimum Gasteiger partial charge on any atom is -0.508 e. The van der Waals surface area contributed by atoms with Crippen LogP contribution in [-0.4, -0.2) is 45.4 Å². The molecule has 0 fully saturated rings. The number of phenols is 2. The molecule has 0 aliphatic rings. The third-order valence-electron chi connectivity index (χ3n) is 3.52. The van der Waals surface area contributed by atoms with E-state index in [9.17, 15) is 15.3 Å². The Hall–Kier alpha value is -2.17. The van der Waals surface area contributed by atoms with Crippen molar-refractivity contribution in [2.45, 2.75) is 25.5 Å². The Kier molecular flexibility index (Phi) is 8.49. The van der Waals surface area contributed by atoms with Gasteiger partial charge in [0.2, 0.25) is 0 Å². The standard InChI is InChI=1S/C17H21NO3.H2O4S/c1-12(17(21)14-4-8-16(20)9-5-14)18-11-10-13-2-6-15(19)7-3-13;1-5(2,3)4/h2-9,12,17-21H,10-11H2,1H3;(H2,1,2,3,4)/t12-,17-;/m0./s1. The average Bonchev–Trinajstić information content (AvgIpc) is 2.55.